The average molecular weight is 258 g/mol. The molecule has 5 nitrogen and oxygen atoms in total. The Bertz CT molecular complexity index is 573. The van der Waals surface area contributed by atoms with E-state index < -0.39 is 0 Å². The smallest absolute Gasteiger partial charge is 0.274 e. The minimum Gasteiger partial charge on any atom is -0.396 e. The predicted molar refractivity (Wildman–Crippen MR) is 74.7 cm³/mol. The lowest BCUT2D eigenvalue weighted by atomic mass is 10.1. The third-order valence-corrected chi connectivity index (χ3v) is 3.34. The van der Waals surface area contributed by atoms with Gasteiger partial charge in [0.15, 0.2) is 0 Å². The highest BCUT2D eigenvalue weighted by Crippen LogP contribution is 2.21. The molecule has 0 radical (unpaired) electrons. The van der Waals surface area contributed by atoms with E-state index in [1.165, 1.54) is 11.8 Å². The van der Waals surface area contributed by atoms with Crippen molar-refractivity contribution in [3.05, 3.63) is 47.3 Å². The van der Waals surface area contributed by atoms with Crippen LogP contribution in [0.2, 0.25) is 0 Å². The number of carbonyl (C=O) groups is 1. The third kappa shape index (κ3) is 2.59. The van der Waals surface area contributed by atoms with Crippen LogP contribution >= 0.6 is 0 Å². The maximum atomic E-state index is 12.3. The molecule has 2 aromatic rings. The number of nitrogens with one attached hydrogen (secondary N) is 1. The van der Waals surface area contributed by atoms with Gasteiger partial charge in [-0.3, -0.25) is 9.89 Å². The van der Waals surface area contributed by atoms with Crippen molar-refractivity contribution in [2.45, 2.75) is 19.9 Å². The number of H-pyrrole nitrogens is 1. The summed E-state index contributed by atoms with van der Waals surface area (Å²) in [7, 11) is 1.76. The lowest BCUT2D eigenvalue weighted by Gasteiger charge is -2.25. The highest BCUT2D eigenvalue weighted by Gasteiger charge is 2.21. The highest BCUT2D eigenvalue weighted by molar-refractivity contribution is 5.97. The largest absolute Gasteiger partial charge is 0.396 e. The van der Waals surface area contributed by atoms with Crippen molar-refractivity contribution >= 4 is 11.6 Å². The van der Waals surface area contributed by atoms with Gasteiger partial charge in [0.05, 0.1) is 17.9 Å². The zero-order valence-electron chi connectivity index (χ0n) is 11.3. The van der Waals surface area contributed by atoms with E-state index in [4.69, 9.17) is 5.73 Å². The van der Waals surface area contributed by atoms with Gasteiger partial charge in [0.1, 0.15) is 5.69 Å². The first kappa shape index (κ1) is 13.1. The fraction of sp³-hybridized carbons (Fsp3) is 0.286. The lowest BCUT2D eigenvalue weighted by Crippen LogP contribution is -2.30. The van der Waals surface area contributed by atoms with Crippen molar-refractivity contribution < 1.29 is 4.79 Å². The van der Waals surface area contributed by atoms with Gasteiger partial charge in [-0.1, -0.05) is 29.8 Å². The summed E-state index contributed by atoms with van der Waals surface area (Å²) >= 11 is 0. The maximum absolute atomic E-state index is 12.3. The Kier molecular flexibility index (Phi) is 3.55. The van der Waals surface area contributed by atoms with Gasteiger partial charge in [-0.15, -0.1) is 0 Å². The summed E-state index contributed by atoms with van der Waals surface area (Å²) in [6.07, 6.45) is 1.44. The van der Waals surface area contributed by atoms with Gasteiger partial charge in [-0.25, -0.2) is 0 Å². The quantitative estimate of drug-likeness (QED) is 0.885. The monoisotopic (exact) mass is 258 g/mol. The molecule has 1 aromatic carbocycles. The minimum atomic E-state index is -0.164. The van der Waals surface area contributed by atoms with Crippen molar-refractivity contribution in [2.75, 3.05) is 12.8 Å². The number of aryl methyl sites for hydroxylation is 1. The number of hydrogen-bond acceptors (Lipinski definition) is 3. The molecule has 1 amide bonds. The maximum Gasteiger partial charge on any atom is 0.274 e. The molecule has 0 bridgehead atoms. The molecule has 0 saturated heterocycles. The number of amides is 1. The van der Waals surface area contributed by atoms with Gasteiger partial charge in [-0.05, 0) is 19.4 Å². The molecule has 3 N–H and O–H groups in total. The van der Waals surface area contributed by atoms with Crippen molar-refractivity contribution in [1.29, 1.82) is 0 Å². The Morgan fingerprint density at radius 1 is 1.37 bits per heavy atom. The van der Waals surface area contributed by atoms with Gasteiger partial charge in [0.2, 0.25) is 0 Å². The molecule has 0 aliphatic rings. The number of aromatic nitrogens is 2. The van der Waals surface area contributed by atoms with Crippen LogP contribution in [0.4, 0.5) is 5.69 Å². The van der Waals surface area contributed by atoms with Gasteiger partial charge >= 0.3 is 0 Å². The van der Waals surface area contributed by atoms with E-state index in [1.807, 2.05) is 38.1 Å². The van der Waals surface area contributed by atoms with Gasteiger partial charge in [-0.2, -0.15) is 5.10 Å². The molecule has 19 heavy (non-hydrogen) atoms. The number of benzene rings is 1. The summed E-state index contributed by atoms with van der Waals surface area (Å²) in [5.74, 6) is -0.164. The van der Waals surface area contributed by atoms with Crippen LogP contribution in [0.3, 0.4) is 0 Å². The van der Waals surface area contributed by atoms with Gasteiger partial charge in [0, 0.05) is 7.05 Å². The number of hydrogen-bond donors (Lipinski definition) is 2. The second-order valence-corrected chi connectivity index (χ2v) is 4.70. The SMILES string of the molecule is Cc1ccc(C(C)N(C)C(=O)c2[nH]ncc2N)cc1. The predicted octanol–water partition coefficient (Wildman–Crippen LogP) is 2.13. The summed E-state index contributed by atoms with van der Waals surface area (Å²) in [4.78, 5) is 13.9. The van der Waals surface area contributed by atoms with Crippen molar-refractivity contribution in [2.24, 2.45) is 0 Å². The standard InChI is InChI=1S/C14H18N4O/c1-9-4-6-11(7-5-9)10(2)18(3)14(19)13-12(15)8-16-17-13/h4-8,10H,15H2,1-3H3,(H,16,17). The highest BCUT2D eigenvalue weighted by atomic mass is 16.2. The van der Waals surface area contributed by atoms with Crippen molar-refractivity contribution in [3.8, 4) is 0 Å². The summed E-state index contributed by atoms with van der Waals surface area (Å²) < 4.78 is 0. The Hall–Kier alpha value is -2.30. The third-order valence-electron chi connectivity index (χ3n) is 3.34. The minimum absolute atomic E-state index is 0.0317. The number of nitrogens with zero attached hydrogens (tertiary/aromatic N) is 2. The Balaban J connectivity index is 2.19. The molecule has 1 atom stereocenters. The Labute approximate surface area is 112 Å². The summed E-state index contributed by atoms with van der Waals surface area (Å²) in [6.45, 7) is 4.02. The van der Waals surface area contributed by atoms with Gasteiger partial charge in [0.25, 0.3) is 5.91 Å². The fourth-order valence-electron chi connectivity index (χ4n) is 1.89. The number of carbonyl (C=O) groups excluding carboxylic acids is 1. The molecule has 2 rings (SSSR count). The van der Waals surface area contributed by atoms with Gasteiger partial charge < -0.3 is 10.6 Å². The zero-order chi connectivity index (χ0) is 14.0. The number of nitrogen functional groups attached to an aromatic ring is 1. The zero-order valence-corrected chi connectivity index (χ0v) is 11.3. The fourth-order valence-corrected chi connectivity index (χ4v) is 1.89. The second-order valence-electron chi connectivity index (χ2n) is 4.70. The molecule has 1 aromatic heterocycles. The molecule has 1 heterocycles. The van der Waals surface area contributed by atoms with E-state index in [0.29, 0.717) is 11.4 Å². The van der Waals surface area contributed by atoms with E-state index in [9.17, 15) is 4.79 Å². The molecule has 0 aliphatic heterocycles. The molecular formula is C14H18N4O. The van der Waals surface area contributed by atoms with Crippen LogP contribution in [0.5, 0.6) is 0 Å². The van der Waals surface area contributed by atoms with Crippen LogP contribution in [0.25, 0.3) is 0 Å². The number of anilines is 1. The molecule has 1 unspecified atom stereocenters. The van der Waals surface area contributed by atoms with Crippen LogP contribution in [-0.4, -0.2) is 28.1 Å². The summed E-state index contributed by atoms with van der Waals surface area (Å²) in [5, 5.41) is 6.41. The van der Waals surface area contributed by atoms with Crippen molar-refractivity contribution in [1.82, 2.24) is 15.1 Å². The molecule has 100 valence electrons. The number of rotatable bonds is 3. The van der Waals surface area contributed by atoms with Crippen LogP contribution in [-0.2, 0) is 0 Å². The van der Waals surface area contributed by atoms with E-state index >= 15 is 0 Å². The van der Waals surface area contributed by atoms with E-state index in [1.54, 1.807) is 11.9 Å². The Morgan fingerprint density at radius 2 is 2.00 bits per heavy atom. The molecule has 0 spiro atoms. The first-order chi connectivity index (χ1) is 9.00. The topological polar surface area (TPSA) is 75.0 Å². The normalized spacial score (nSPS) is 12.2. The molecule has 0 saturated carbocycles. The molecule has 5 heteroatoms. The van der Waals surface area contributed by atoms with Crippen LogP contribution in [0.1, 0.15) is 34.6 Å². The van der Waals surface area contributed by atoms with Crippen LogP contribution in [0, 0.1) is 6.92 Å². The lowest BCUT2D eigenvalue weighted by molar-refractivity contribution is 0.0737. The van der Waals surface area contributed by atoms with Crippen LogP contribution in [0.15, 0.2) is 30.5 Å². The Morgan fingerprint density at radius 3 is 2.53 bits per heavy atom. The molecule has 0 fully saturated rings. The summed E-state index contributed by atoms with van der Waals surface area (Å²) in [5.41, 5.74) is 8.68. The first-order valence-corrected chi connectivity index (χ1v) is 6.13. The van der Waals surface area contributed by atoms with E-state index in [0.717, 1.165) is 5.56 Å². The first-order valence-electron chi connectivity index (χ1n) is 6.13. The molecular weight excluding hydrogens is 240 g/mol. The average Bonchev–Trinajstić information content (AvgIpc) is 2.83. The van der Waals surface area contributed by atoms with E-state index in [-0.39, 0.29) is 11.9 Å². The summed E-state index contributed by atoms with van der Waals surface area (Å²) in [6, 6.07) is 8.10. The van der Waals surface area contributed by atoms with E-state index in [2.05, 4.69) is 10.2 Å². The number of nitrogens with two attached hydrogens (primary N) is 1. The van der Waals surface area contributed by atoms with Crippen LogP contribution < -0.4 is 5.73 Å². The number of aromatic amines is 1. The molecule has 0 aliphatic carbocycles. The second kappa shape index (κ2) is 5.14. The van der Waals surface area contributed by atoms with Crippen molar-refractivity contribution in [3.63, 3.8) is 0 Å².